The first kappa shape index (κ1) is 16.6. The maximum absolute atomic E-state index is 13.5. The van der Waals surface area contributed by atoms with E-state index in [0.717, 1.165) is 0 Å². The smallest absolute Gasteiger partial charge is 0.362 e. The molecule has 1 heterocycles. The Morgan fingerprint density at radius 2 is 1.58 bits per heavy atom. The third-order valence-electron chi connectivity index (χ3n) is 3.76. The highest BCUT2D eigenvalue weighted by Crippen LogP contribution is 2.42. The average molecular weight is 350 g/mol. The molecule has 0 amide bonds. The molecule has 2 aromatic carbocycles. The predicted molar refractivity (Wildman–Crippen MR) is 88.6 cm³/mol. The van der Waals surface area contributed by atoms with Crippen LogP contribution in [0, 0.1) is 0 Å². The monoisotopic (exact) mass is 350 g/mol. The molecule has 0 aromatic heterocycles. The second kappa shape index (κ2) is 5.99. The Balaban J connectivity index is 2.05. The molecule has 1 aliphatic heterocycles. The molecule has 0 fully saturated rings. The van der Waals surface area contributed by atoms with Crippen molar-refractivity contribution < 1.29 is 18.3 Å². The molecule has 1 N–H and O–H groups in total. The summed E-state index contributed by atoms with van der Waals surface area (Å²) in [5, 5.41) is 14.8. The number of benzene rings is 2. The Morgan fingerprint density at radius 3 is 2.12 bits per heavy atom. The molecule has 7 heteroatoms. The predicted octanol–water partition coefficient (Wildman–Crippen LogP) is 3.72. The summed E-state index contributed by atoms with van der Waals surface area (Å²) in [5.41, 5.74) is -2.13. The number of thiocarbonyl (C=S) groups is 1. The molecule has 0 spiro atoms. The number of nitrogens with zero attached hydrogens (tertiary/aromatic N) is 2. The molecule has 0 saturated carbocycles. The van der Waals surface area contributed by atoms with Crippen LogP contribution in [-0.2, 0) is 0 Å². The van der Waals surface area contributed by atoms with Crippen molar-refractivity contribution in [2.24, 2.45) is 5.10 Å². The van der Waals surface area contributed by atoms with Gasteiger partial charge in [-0.3, -0.25) is 0 Å². The molecule has 2 aromatic rings. The minimum Gasteiger partial charge on any atom is -0.362 e. The van der Waals surface area contributed by atoms with Crippen LogP contribution >= 0.6 is 12.2 Å². The van der Waals surface area contributed by atoms with Gasteiger partial charge in [0.2, 0.25) is 0 Å². The molecule has 0 aliphatic carbocycles. The lowest BCUT2D eigenvalue weighted by molar-refractivity contribution is -0.294. The zero-order chi connectivity index (χ0) is 17.4. The van der Waals surface area contributed by atoms with Gasteiger partial charge < -0.3 is 5.11 Å². The van der Waals surface area contributed by atoms with Crippen LogP contribution in [0.4, 0.5) is 13.2 Å². The molecule has 3 nitrogen and oxygen atoms in total. The first-order chi connectivity index (χ1) is 11.3. The zero-order valence-corrected chi connectivity index (χ0v) is 13.2. The number of halogens is 3. The summed E-state index contributed by atoms with van der Waals surface area (Å²) in [5.74, 6) is 0. The first-order valence-corrected chi connectivity index (χ1v) is 7.55. The molecule has 0 radical (unpaired) electrons. The van der Waals surface area contributed by atoms with E-state index in [2.05, 4.69) is 5.10 Å². The van der Waals surface area contributed by atoms with E-state index in [4.69, 9.17) is 12.2 Å². The largest absolute Gasteiger partial charge is 0.438 e. The molecule has 0 saturated heterocycles. The molecule has 24 heavy (non-hydrogen) atoms. The molecular formula is C17H13F3N2OS. The third kappa shape index (κ3) is 2.81. The zero-order valence-electron chi connectivity index (χ0n) is 12.4. The van der Waals surface area contributed by atoms with E-state index in [-0.39, 0.29) is 10.7 Å². The fraction of sp³-hybridized carbons (Fsp3) is 0.176. The van der Waals surface area contributed by atoms with E-state index in [1.807, 2.05) is 0 Å². The van der Waals surface area contributed by atoms with E-state index in [0.29, 0.717) is 16.1 Å². The van der Waals surface area contributed by atoms with Crippen LogP contribution in [-0.4, -0.2) is 32.7 Å². The summed E-state index contributed by atoms with van der Waals surface area (Å²) in [6.45, 7) is 0. The van der Waals surface area contributed by atoms with Crippen molar-refractivity contribution in [1.29, 1.82) is 0 Å². The Labute approximate surface area is 142 Å². The van der Waals surface area contributed by atoms with Crippen molar-refractivity contribution in [3.8, 4) is 0 Å². The summed E-state index contributed by atoms with van der Waals surface area (Å²) >= 11 is 5.16. The molecule has 124 valence electrons. The lowest BCUT2D eigenvalue weighted by Gasteiger charge is -2.34. The van der Waals surface area contributed by atoms with Gasteiger partial charge in [0.25, 0.3) is 5.72 Å². The Kier molecular flexibility index (Phi) is 4.15. The van der Waals surface area contributed by atoms with Crippen LogP contribution < -0.4 is 0 Å². The van der Waals surface area contributed by atoms with E-state index >= 15 is 0 Å². The summed E-state index contributed by atoms with van der Waals surface area (Å²) in [6.07, 6.45) is -5.60. The minimum atomic E-state index is -4.91. The molecule has 3 rings (SSSR count). The molecule has 1 atom stereocenters. The maximum atomic E-state index is 13.5. The van der Waals surface area contributed by atoms with Crippen molar-refractivity contribution in [2.45, 2.75) is 18.3 Å². The maximum Gasteiger partial charge on any atom is 0.438 e. The molecule has 0 bridgehead atoms. The summed E-state index contributed by atoms with van der Waals surface area (Å²) < 4.78 is 40.6. The van der Waals surface area contributed by atoms with Gasteiger partial charge in [-0.25, -0.2) is 5.01 Å². The second-order valence-corrected chi connectivity index (χ2v) is 5.77. The summed E-state index contributed by atoms with van der Waals surface area (Å²) in [7, 11) is 0. The van der Waals surface area contributed by atoms with Crippen LogP contribution in [0.2, 0.25) is 0 Å². The van der Waals surface area contributed by atoms with Crippen molar-refractivity contribution in [3.63, 3.8) is 0 Å². The van der Waals surface area contributed by atoms with Crippen LogP contribution in [0.15, 0.2) is 65.8 Å². The van der Waals surface area contributed by atoms with Crippen molar-refractivity contribution in [1.82, 2.24) is 5.01 Å². The van der Waals surface area contributed by atoms with Gasteiger partial charge in [0, 0.05) is 5.56 Å². The number of alkyl halides is 3. The van der Waals surface area contributed by atoms with Crippen molar-refractivity contribution in [2.75, 3.05) is 0 Å². The summed E-state index contributed by atoms with van der Waals surface area (Å²) in [4.78, 5) is -0.179. The number of hydrogen-bond donors (Lipinski definition) is 1. The lowest BCUT2D eigenvalue weighted by atomic mass is 10.0. The number of rotatable bonds is 2. The third-order valence-corrected chi connectivity index (χ3v) is 4.17. The highest BCUT2D eigenvalue weighted by molar-refractivity contribution is 7.80. The quantitative estimate of drug-likeness (QED) is 0.839. The second-order valence-electron chi connectivity index (χ2n) is 5.39. The van der Waals surface area contributed by atoms with Gasteiger partial charge in [0.15, 0.2) is 0 Å². The number of hydrogen-bond acceptors (Lipinski definition) is 3. The van der Waals surface area contributed by atoms with Crippen molar-refractivity contribution >= 4 is 22.9 Å². The average Bonchev–Trinajstić information content (AvgIpc) is 2.95. The Morgan fingerprint density at radius 1 is 1.04 bits per heavy atom. The minimum absolute atomic E-state index is 0.133. The molecule has 1 unspecified atom stereocenters. The van der Waals surface area contributed by atoms with Gasteiger partial charge in [-0.2, -0.15) is 18.3 Å². The SMILES string of the molecule is OC1(C(F)(F)F)CC(c2ccccc2)=NN1C(=S)c1ccccc1. The normalized spacial score (nSPS) is 20.8. The Bertz CT molecular complexity index is 777. The van der Waals surface area contributed by atoms with E-state index in [1.54, 1.807) is 60.7 Å². The number of aliphatic hydroxyl groups is 1. The van der Waals surface area contributed by atoms with Gasteiger partial charge in [0.1, 0.15) is 4.99 Å². The number of hydrazone groups is 1. The van der Waals surface area contributed by atoms with Gasteiger partial charge in [-0.1, -0.05) is 72.9 Å². The Hall–Kier alpha value is -2.25. The molecular weight excluding hydrogens is 337 g/mol. The highest BCUT2D eigenvalue weighted by atomic mass is 32.1. The van der Waals surface area contributed by atoms with Crippen LogP contribution in [0.1, 0.15) is 17.5 Å². The van der Waals surface area contributed by atoms with Gasteiger partial charge in [-0.15, -0.1) is 0 Å². The van der Waals surface area contributed by atoms with Gasteiger partial charge in [-0.05, 0) is 5.56 Å². The van der Waals surface area contributed by atoms with E-state index < -0.39 is 18.3 Å². The van der Waals surface area contributed by atoms with E-state index in [1.165, 1.54) is 0 Å². The fourth-order valence-corrected chi connectivity index (χ4v) is 2.80. The lowest BCUT2D eigenvalue weighted by Crippen LogP contribution is -2.56. The topological polar surface area (TPSA) is 35.8 Å². The van der Waals surface area contributed by atoms with Gasteiger partial charge >= 0.3 is 6.18 Å². The first-order valence-electron chi connectivity index (χ1n) is 7.14. The highest BCUT2D eigenvalue weighted by Gasteiger charge is 2.62. The molecule has 1 aliphatic rings. The van der Waals surface area contributed by atoms with E-state index in [9.17, 15) is 18.3 Å². The standard InChI is InChI=1S/C17H13F3N2OS/c18-17(19,20)16(23)11-14(12-7-3-1-4-8-12)21-22(16)15(24)13-9-5-2-6-10-13/h1-10,23H,11H2. The fourth-order valence-electron chi connectivity index (χ4n) is 2.47. The van der Waals surface area contributed by atoms with Gasteiger partial charge in [0.05, 0.1) is 12.1 Å². The van der Waals surface area contributed by atoms with Crippen LogP contribution in [0.25, 0.3) is 0 Å². The van der Waals surface area contributed by atoms with Crippen LogP contribution in [0.5, 0.6) is 0 Å². The van der Waals surface area contributed by atoms with Crippen LogP contribution in [0.3, 0.4) is 0 Å². The summed E-state index contributed by atoms with van der Waals surface area (Å²) in [6, 6.07) is 16.6. The van der Waals surface area contributed by atoms with Crippen molar-refractivity contribution in [3.05, 3.63) is 71.8 Å².